The summed E-state index contributed by atoms with van der Waals surface area (Å²) in [6.07, 6.45) is 22.7. The Morgan fingerprint density at radius 1 is 0.435 bits per heavy atom. The highest BCUT2D eigenvalue weighted by Gasteiger charge is 2.79. The molecule has 0 aromatic carbocycles. The summed E-state index contributed by atoms with van der Waals surface area (Å²) >= 11 is 0. The molecule has 0 amide bonds. The van der Waals surface area contributed by atoms with Crippen molar-refractivity contribution in [1.82, 2.24) is 10.6 Å². The Morgan fingerprint density at radius 3 is 0.984 bits per heavy atom. The first-order valence-electron chi connectivity index (χ1n) is 25.4. The fourth-order valence-corrected chi connectivity index (χ4v) is 13.4. The lowest BCUT2D eigenvalue weighted by atomic mass is 9.37. The van der Waals surface area contributed by atoms with Crippen LogP contribution in [0.15, 0.2) is 0 Å². The highest BCUT2D eigenvalue weighted by Crippen LogP contribution is 2.70. The Hall–Kier alpha value is -2.20. The fraction of sp³-hybridized carbons (Fsp3) is 0.923. The standard InChI is InChI=1S/C52H96N2O8/c1-11-13-15-17-19-21-23-25-27-29-31-33-50(43(57)58,34-32-30-28-26-24-22-20-18-16-14-12-2)52(45(61)62,41-37-48(7,8)54-49(9,10)38-41)51(44(59)60,39-42(55)56)40-35-46(3,4)53-47(5,6)36-40/h40-41,53-54H,11-39H2,1-10H3,(H,55,56)(H,57,58)(H,59,60)(H,61,62). The maximum atomic E-state index is 15.2. The third kappa shape index (κ3) is 15.2. The second-order valence-corrected chi connectivity index (χ2v) is 22.9. The fourth-order valence-electron chi connectivity index (χ4n) is 13.4. The summed E-state index contributed by atoms with van der Waals surface area (Å²) in [6.45, 7) is 20.1. The highest BCUT2D eigenvalue weighted by molar-refractivity contribution is 5.96. The topological polar surface area (TPSA) is 173 Å². The minimum atomic E-state index is -2.47. The molecule has 2 aliphatic heterocycles. The Bertz CT molecular complexity index is 1330. The van der Waals surface area contributed by atoms with Gasteiger partial charge in [-0.2, -0.15) is 0 Å². The van der Waals surface area contributed by atoms with E-state index in [1.165, 1.54) is 64.2 Å². The molecule has 362 valence electrons. The minimum absolute atomic E-state index is 0.0133. The van der Waals surface area contributed by atoms with Crippen molar-refractivity contribution in [3.8, 4) is 0 Å². The van der Waals surface area contributed by atoms with Crippen LogP contribution in [0, 0.1) is 28.1 Å². The van der Waals surface area contributed by atoms with E-state index in [-0.39, 0.29) is 38.5 Å². The van der Waals surface area contributed by atoms with Gasteiger partial charge in [0.2, 0.25) is 0 Å². The zero-order chi connectivity index (χ0) is 46.9. The Morgan fingerprint density at radius 2 is 0.726 bits per heavy atom. The smallest absolute Gasteiger partial charge is 0.312 e. The van der Waals surface area contributed by atoms with Gasteiger partial charge in [0, 0.05) is 22.2 Å². The van der Waals surface area contributed by atoms with E-state index in [0.717, 1.165) is 51.4 Å². The summed E-state index contributed by atoms with van der Waals surface area (Å²) in [7, 11) is 0. The number of rotatable bonds is 33. The molecular formula is C52H96N2O8. The highest BCUT2D eigenvalue weighted by atomic mass is 16.4. The largest absolute Gasteiger partial charge is 0.481 e. The second kappa shape index (κ2) is 24.9. The van der Waals surface area contributed by atoms with Crippen molar-refractivity contribution >= 4 is 23.9 Å². The molecule has 0 spiro atoms. The number of hydrogen-bond donors (Lipinski definition) is 6. The number of carbonyl (C=O) groups is 4. The van der Waals surface area contributed by atoms with Crippen molar-refractivity contribution in [1.29, 1.82) is 0 Å². The summed E-state index contributed by atoms with van der Waals surface area (Å²) in [5, 5.41) is 54.7. The summed E-state index contributed by atoms with van der Waals surface area (Å²) < 4.78 is 0. The molecule has 0 aromatic heterocycles. The van der Waals surface area contributed by atoms with Gasteiger partial charge in [0.25, 0.3) is 0 Å². The van der Waals surface area contributed by atoms with Crippen molar-refractivity contribution < 1.29 is 39.6 Å². The molecule has 0 aliphatic carbocycles. The van der Waals surface area contributed by atoms with E-state index in [4.69, 9.17) is 0 Å². The number of hydrogen-bond acceptors (Lipinski definition) is 6. The number of carboxylic acids is 4. The quantitative estimate of drug-likeness (QED) is 0.0348. The van der Waals surface area contributed by atoms with Crippen LogP contribution in [0.1, 0.15) is 255 Å². The van der Waals surface area contributed by atoms with Crippen molar-refractivity contribution in [2.45, 2.75) is 278 Å². The normalized spacial score (nSPS) is 20.9. The molecule has 0 radical (unpaired) electrons. The third-order valence-corrected chi connectivity index (χ3v) is 15.1. The monoisotopic (exact) mass is 877 g/mol. The van der Waals surface area contributed by atoms with E-state index in [2.05, 4.69) is 24.5 Å². The SMILES string of the molecule is CCCCCCCCCCCCCC(CCCCCCCCCCCCC)(C(=O)O)C(C(=O)O)(C1CC(C)(C)NC(C)(C)C1)C(CC(=O)O)(C(=O)O)C1CC(C)(C)NC(C)(C)C1. The Labute approximate surface area is 378 Å². The van der Waals surface area contributed by atoms with Crippen LogP contribution in [0.2, 0.25) is 0 Å². The van der Waals surface area contributed by atoms with Gasteiger partial charge in [-0.3, -0.25) is 19.2 Å². The molecule has 2 aliphatic rings. The third-order valence-electron chi connectivity index (χ3n) is 15.1. The molecule has 0 saturated carbocycles. The van der Waals surface area contributed by atoms with Crippen molar-refractivity contribution in [2.75, 3.05) is 0 Å². The zero-order valence-corrected chi connectivity index (χ0v) is 41.6. The first-order valence-corrected chi connectivity index (χ1v) is 25.4. The predicted octanol–water partition coefficient (Wildman–Crippen LogP) is 13.2. The average molecular weight is 877 g/mol. The van der Waals surface area contributed by atoms with E-state index in [0.29, 0.717) is 25.7 Å². The van der Waals surface area contributed by atoms with Crippen LogP contribution in [0.4, 0.5) is 0 Å². The molecule has 2 rings (SSSR count). The number of aliphatic carboxylic acids is 4. The Balaban J connectivity index is 2.86. The van der Waals surface area contributed by atoms with Crippen LogP contribution in [-0.4, -0.2) is 66.5 Å². The molecule has 10 heteroatoms. The molecule has 2 saturated heterocycles. The lowest BCUT2D eigenvalue weighted by Gasteiger charge is -2.64. The average Bonchev–Trinajstić information content (AvgIpc) is 3.12. The number of piperidine rings is 2. The van der Waals surface area contributed by atoms with Crippen LogP contribution < -0.4 is 10.6 Å². The molecule has 2 atom stereocenters. The van der Waals surface area contributed by atoms with Crippen molar-refractivity contribution in [3.05, 3.63) is 0 Å². The van der Waals surface area contributed by atoms with Gasteiger partial charge in [0.1, 0.15) is 5.41 Å². The molecule has 2 unspecified atom stereocenters. The zero-order valence-electron chi connectivity index (χ0n) is 41.6. The molecule has 2 heterocycles. The summed E-state index contributed by atoms with van der Waals surface area (Å²) in [5.41, 5.74) is -9.73. The van der Waals surface area contributed by atoms with Crippen molar-refractivity contribution in [3.63, 3.8) is 0 Å². The summed E-state index contributed by atoms with van der Waals surface area (Å²) in [5.74, 6) is -7.59. The van der Waals surface area contributed by atoms with Crippen LogP contribution in [0.5, 0.6) is 0 Å². The first kappa shape index (κ1) is 55.9. The lowest BCUT2D eigenvalue weighted by Crippen LogP contribution is -2.74. The minimum Gasteiger partial charge on any atom is -0.481 e. The summed E-state index contributed by atoms with van der Waals surface area (Å²) in [6, 6.07) is 0. The molecule has 10 nitrogen and oxygen atoms in total. The Kier molecular flexibility index (Phi) is 22.5. The van der Waals surface area contributed by atoms with E-state index < -0.39 is 80.5 Å². The van der Waals surface area contributed by atoms with E-state index >= 15 is 4.79 Å². The molecule has 0 aromatic rings. The number of nitrogens with one attached hydrogen (secondary N) is 2. The summed E-state index contributed by atoms with van der Waals surface area (Å²) in [4.78, 5) is 58.4. The van der Waals surface area contributed by atoms with E-state index in [1.54, 1.807) is 0 Å². The van der Waals surface area contributed by atoms with Gasteiger partial charge in [-0.1, -0.05) is 155 Å². The van der Waals surface area contributed by atoms with Gasteiger partial charge in [-0.05, 0) is 106 Å². The van der Waals surface area contributed by atoms with Crippen LogP contribution in [0.3, 0.4) is 0 Å². The van der Waals surface area contributed by atoms with Gasteiger partial charge in [0.05, 0.1) is 17.3 Å². The molecule has 6 N–H and O–H groups in total. The van der Waals surface area contributed by atoms with Gasteiger partial charge in [0.15, 0.2) is 0 Å². The predicted molar refractivity (Wildman–Crippen MR) is 253 cm³/mol. The van der Waals surface area contributed by atoms with Crippen LogP contribution in [-0.2, 0) is 19.2 Å². The molecular weight excluding hydrogens is 781 g/mol. The molecule has 62 heavy (non-hydrogen) atoms. The number of unbranched alkanes of at least 4 members (excludes halogenated alkanes) is 20. The van der Waals surface area contributed by atoms with Gasteiger partial charge < -0.3 is 31.1 Å². The number of carboxylic acid groups (broad SMARTS) is 4. The van der Waals surface area contributed by atoms with E-state index in [1.807, 2.05) is 55.4 Å². The van der Waals surface area contributed by atoms with Gasteiger partial charge in [-0.15, -0.1) is 0 Å². The van der Waals surface area contributed by atoms with Gasteiger partial charge >= 0.3 is 23.9 Å². The molecule has 2 fully saturated rings. The van der Waals surface area contributed by atoms with Gasteiger partial charge in [-0.25, -0.2) is 0 Å². The maximum absolute atomic E-state index is 15.2. The van der Waals surface area contributed by atoms with Crippen LogP contribution in [0.25, 0.3) is 0 Å². The second-order valence-electron chi connectivity index (χ2n) is 22.9. The van der Waals surface area contributed by atoms with Crippen LogP contribution >= 0.6 is 0 Å². The maximum Gasteiger partial charge on any atom is 0.312 e. The molecule has 0 bridgehead atoms. The van der Waals surface area contributed by atoms with E-state index in [9.17, 15) is 34.8 Å². The lowest BCUT2D eigenvalue weighted by molar-refractivity contribution is -0.233. The first-order chi connectivity index (χ1) is 28.9. The van der Waals surface area contributed by atoms with Crippen molar-refractivity contribution in [2.24, 2.45) is 28.1 Å².